The normalized spacial score (nSPS) is 11.9. The van der Waals surface area contributed by atoms with E-state index >= 15 is 0 Å². The van der Waals surface area contributed by atoms with Crippen LogP contribution in [0.25, 0.3) is 11.2 Å². The van der Waals surface area contributed by atoms with E-state index in [4.69, 9.17) is 0 Å². The molecule has 0 aliphatic carbocycles. The van der Waals surface area contributed by atoms with E-state index in [1.807, 2.05) is 6.07 Å². The minimum Gasteiger partial charge on any atom is -0.507 e. The number of unbranched alkanes of at least 4 members (excludes halogenated alkanes) is 3. The molecule has 9 heteroatoms. The molecule has 0 aliphatic heterocycles. The molecule has 0 spiro atoms. The molecule has 0 fully saturated rings. The lowest BCUT2D eigenvalue weighted by Crippen LogP contribution is -2.29. The molecule has 0 bridgehead atoms. The van der Waals surface area contributed by atoms with Gasteiger partial charge < -0.3 is 9.67 Å². The second-order valence-corrected chi connectivity index (χ2v) is 6.96. The van der Waals surface area contributed by atoms with Gasteiger partial charge in [-0.05, 0) is 25.5 Å². The highest BCUT2D eigenvalue weighted by molar-refractivity contribution is 6.01. The Morgan fingerprint density at radius 3 is 2.72 bits per heavy atom. The molecule has 1 aromatic carbocycles. The van der Waals surface area contributed by atoms with E-state index in [0.29, 0.717) is 34.9 Å². The number of imidazole rings is 1. The molecule has 0 aliphatic rings. The lowest BCUT2D eigenvalue weighted by molar-refractivity contribution is 0.474. The molecule has 2 heterocycles. The number of hydrogen-bond acceptors (Lipinski definition) is 6. The van der Waals surface area contributed by atoms with Crippen molar-refractivity contribution in [1.29, 1.82) is 0 Å². The molecule has 0 saturated carbocycles. The number of nitrogens with zero attached hydrogens (tertiary/aromatic N) is 4. The van der Waals surface area contributed by atoms with Crippen LogP contribution in [0.2, 0.25) is 0 Å². The highest BCUT2D eigenvalue weighted by Crippen LogP contribution is 2.19. The van der Waals surface area contributed by atoms with Gasteiger partial charge in [0.1, 0.15) is 5.75 Å². The Hall–Kier alpha value is -3.36. The lowest BCUT2D eigenvalue weighted by Gasteiger charge is -2.09. The van der Waals surface area contributed by atoms with Crippen LogP contribution in [0.15, 0.2) is 39.0 Å². The molecule has 3 rings (SSSR count). The number of benzene rings is 1. The fourth-order valence-electron chi connectivity index (χ4n) is 3.21. The average molecular weight is 398 g/mol. The topological polar surface area (TPSA) is 117 Å². The van der Waals surface area contributed by atoms with Gasteiger partial charge in [0.2, 0.25) is 5.95 Å². The molecule has 0 radical (unpaired) electrons. The van der Waals surface area contributed by atoms with Crippen LogP contribution in [0.1, 0.15) is 45.1 Å². The number of para-hydroxylation sites is 1. The minimum atomic E-state index is -0.515. The van der Waals surface area contributed by atoms with E-state index in [2.05, 4.69) is 27.4 Å². The van der Waals surface area contributed by atoms with Gasteiger partial charge in [-0.15, -0.1) is 0 Å². The Morgan fingerprint density at radius 2 is 2.00 bits per heavy atom. The van der Waals surface area contributed by atoms with Crippen LogP contribution >= 0.6 is 0 Å². The van der Waals surface area contributed by atoms with Gasteiger partial charge in [-0.1, -0.05) is 38.3 Å². The second-order valence-electron chi connectivity index (χ2n) is 6.96. The molecule has 0 amide bonds. The van der Waals surface area contributed by atoms with Gasteiger partial charge in [0.15, 0.2) is 11.2 Å². The summed E-state index contributed by atoms with van der Waals surface area (Å²) in [5.41, 5.74) is 3.71. The number of aryl methyl sites for hydroxylation is 2. The highest BCUT2D eigenvalue weighted by Gasteiger charge is 2.17. The number of rotatable bonds is 8. The summed E-state index contributed by atoms with van der Waals surface area (Å²) in [6.45, 7) is 4.47. The molecule has 154 valence electrons. The number of H-pyrrole nitrogens is 1. The highest BCUT2D eigenvalue weighted by atomic mass is 16.3. The zero-order valence-corrected chi connectivity index (χ0v) is 16.9. The quantitative estimate of drug-likeness (QED) is 0.306. The summed E-state index contributed by atoms with van der Waals surface area (Å²) in [4.78, 5) is 31.2. The van der Waals surface area contributed by atoms with Crippen molar-refractivity contribution >= 4 is 22.8 Å². The van der Waals surface area contributed by atoms with Gasteiger partial charge in [-0.3, -0.25) is 14.3 Å². The van der Waals surface area contributed by atoms with Gasteiger partial charge in [-0.2, -0.15) is 10.1 Å². The van der Waals surface area contributed by atoms with E-state index in [0.717, 1.165) is 25.7 Å². The van der Waals surface area contributed by atoms with Gasteiger partial charge in [0.05, 0.1) is 5.71 Å². The maximum absolute atomic E-state index is 12.5. The molecular weight excluding hydrogens is 372 g/mol. The Balaban J connectivity index is 2.01. The number of nitrogens with one attached hydrogen (secondary N) is 2. The number of aromatic hydroxyl groups is 1. The molecular formula is C20H26N6O3. The van der Waals surface area contributed by atoms with Crippen molar-refractivity contribution < 1.29 is 5.11 Å². The molecule has 9 nitrogen and oxygen atoms in total. The van der Waals surface area contributed by atoms with Gasteiger partial charge in [-0.25, -0.2) is 10.2 Å². The SMILES string of the molecule is CCCCCCn1c(N/N=C(/C)c2ccccc2O)nc2c1c(=O)[nH]c(=O)n2C. The summed E-state index contributed by atoms with van der Waals surface area (Å²) in [6.07, 6.45) is 4.11. The first-order valence-electron chi connectivity index (χ1n) is 9.72. The van der Waals surface area contributed by atoms with Crippen LogP contribution in [0.4, 0.5) is 5.95 Å². The number of aromatic nitrogens is 4. The van der Waals surface area contributed by atoms with Crippen molar-refractivity contribution in [2.24, 2.45) is 12.1 Å². The van der Waals surface area contributed by atoms with Crippen molar-refractivity contribution in [2.45, 2.75) is 46.1 Å². The summed E-state index contributed by atoms with van der Waals surface area (Å²) < 4.78 is 3.06. The van der Waals surface area contributed by atoms with Crippen LogP contribution in [0.5, 0.6) is 5.75 Å². The van der Waals surface area contributed by atoms with Crippen molar-refractivity contribution in [3.63, 3.8) is 0 Å². The number of anilines is 1. The molecule has 3 N–H and O–H groups in total. The van der Waals surface area contributed by atoms with Crippen molar-refractivity contribution in [3.05, 3.63) is 50.7 Å². The van der Waals surface area contributed by atoms with E-state index in [9.17, 15) is 14.7 Å². The molecule has 29 heavy (non-hydrogen) atoms. The Kier molecular flexibility index (Phi) is 6.16. The third-order valence-electron chi connectivity index (χ3n) is 4.86. The summed E-state index contributed by atoms with van der Waals surface area (Å²) in [7, 11) is 1.56. The summed E-state index contributed by atoms with van der Waals surface area (Å²) in [5.74, 6) is 0.500. The van der Waals surface area contributed by atoms with Gasteiger partial charge >= 0.3 is 5.69 Å². The first kappa shape index (κ1) is 20.4. The fraction of sp³-hybridized carbons (Fsp3) is 0.400. The zero-order chi connectivity index (χ0) is 21.0. The smallest absolute Gasteiger partial charge is 0.329 e. The lowest BCUT2D eigenvalue weighted by atomic mass is 10.1. The molecule has 3 aromatic rings. The van der Waals surface area contributed by atoms with Crippen LogP contribution in [0.3, 0.4) is 0 Å². The maximum atomic E-state index is 12.5. The van der Waals surface area contributed by atoms with Gasteiger partial charge in [0, 0.05) is 19.2 Å². The first-order valence-corrected chi connectivity index (χ1v) is 9.72. The van der Waals surface area contributed by atoms with E-state index < -0.39 is 11.2 Å². The predicted molar refractivity (Wildman–Crippen MR) is 114 cm³/mol. The number of phenolic OH excluding ortho intramolecular Hbond substituents is 1. The molecule has 0 unspecified atom stereocenters. The Bertz CT molecular complexity index is 1160. The van der Waals surface area contributed by atoms with Crippen LogP contribution < -0.4 is 16.7 Å². The van der Waals surface area contributed by atoms with Crippen molar-refractivity contribution in [1.82, 2.24) is 19.1 Å². The monoisotopic (exact) mass is 398 g/mol. The van der Waals surface area contributed by atoms with Crippen LogP contribution in [-0.4, -0.2) is 29.9 Å². The van der Waals surface area contributed by atoms with Crippen molar-refractivity contribution in [3.8, 4) is 5.75 Å². The Morgan fingerprint density at radius 1 is 1.24 bits per heavy atom. The number of hydrogen-bond donors (Lipinski definition) is 3. The Labute approximate surface area is 167 Å². The standard InChI is InChI=1S/C20H26N6O3/c1-4-5-6-9-12-26-16-17(25(3)20(29)22-18(16)28)21-19(26)24-23-13(2)14-10-7-8-11-15(14)27/h7-8,10-11,27H,4-6,9,12H2,1-3H3,(H,21,24)(H,22,28,29)/b23-13-. The first-order chi connectivity index (χ1) is 13.9. The second kappa shape index (κ2) is 8.76. The summed E-state index contributed by atoms with van der Waals surface area (Å²) in [6, 6.07) is 6.90. The minimum absolute atomic E-state index is 0.127. The number of hydrazone groups is 1. The molecule has 0 atom stereocenters. The number of fused-ring (bicyclic) bond motifs is 1. The van der Waals surface area contributed by atoms with E-state index in [1.54, 1.807) is 36.7 Å². The summed E-state index contributed by atoms with van der Waals surface area (Å²) in [5, 5.41) is 14.3. The third-order valence-corrected chi connectivity index (χ3v) is 4.86. The summed E-state index contributed by atoms with van der Waals surface area (Å²) >= 11 is 0. The van der Waals surface area contributed by atoms with Crippen LogP contribution in [-0.2, 0) is 13.6 Å². The van der Waals surface area contributed by atoms with Crippen molar-refractivity contribution in [2.75, 3.05) is 5.43 Å². The maximum Gasteiger partial charge on any atom is 0.329 e. The number of phenols is 1. The average Bonchev–Trinajstić information content (AvgIpc) is 3.07. The fourth-order valence-corrected chi connectivity index (χ4v) is 3.21. The van der Waals surface area contributed by atoms with E-state index in [1.165, 1.54) is 4.57 Å². The van der Waals surface area contributed by atoms with Crippen LogP contribution in [0, 0.1) is 0 Å². The zero-order valence-electron chi connectivity index (χ0n) is 16.9. The largest absolute Gasteiger partial charge is 0.507 e. The van der Waals surface area contributed by atoms with Gasteiger partial charge in [0.25, 0.3) is 5.56 Å². The van der Waals surface area contributed by atoms with E-state index in [-0.39, 0.29) is 5.75 Å². The predicted octanol–water partition coefficient (Wildman–Crippen LogP) is 2.55. The molecule has 0 saturated heterocycles. The number of aromatic amines is 1. The third kappa shape index (κ3) is 4.23. The molecule has 2 aromatic heterocycles.